The summed E-state index contributed by atoms with van der Waals surface area (Å²) in [5.41, 5.74) is 0. The van der Waals surface area contributed by atoms with Gasteiger partial charge in [0.2, 0.25) is 0 Å². The van der Waals surface area contributed by atoms with Crippen LogP contribution >= 0.6 is 0 Å². The topological polar surface area (TPSA) is 15.3 Å². The number of nitrogens with zero attached hydrogens (tertiary/aromatic N) is 1. The van der Waals surface area contributed by atoms with Gasteiger partial charge in [0.25, 0.3) is 0 Å². The number of rotatable bonds is 9. The van der Waals surface area contributed by atoms with Crippen molar-refractivity contribution in [3.05, 3.63) is 0 Å². The lowest BCUT2D eigenvalue weighted by Gasteiger charge is -2.42. The molecule has 2 unspecified atom stereocenters. The summed E-state index contributed by atoms with van der Waals surface area (Å²) in [6, 6.07) is 1.48. The zero-order chi connectivity index (χ0) is 15.0. The zero-order valence-electron chi connectivity index (χ0n) is 14.6. The van der Waals surface area contributed by atoms with Gasteiger partial charge >= 0.3 is 0 Å². The average molecular weight is 283 g/mol. The summed E-state index contributed by atoms with van der Waals surface area (Å²) in [6.07, 6.45) is 8.19. The van der Waals surface area contributed by atoms with Gasteiger partial charge in [-0.25, -0.2) is 0 Å². The summed E-state index contributed by atoms with van der Waals surface area (Å²) in [4.78, 5) is 2.79. The molecular formula is C18H38N2. The molecule has 0 aromatic heterocycles. The molecule has 0 radical (unpaired) electrons. The second kappa shape index (κ2) is 9.78. The van der Waals surface area contributed by atoms with E-state index >= 15 is 0 Å². The SMILES string of the molecule is CCCCCCN1CC(CC(C)C)NCC1CC(C)C. The largest absolute Gasteiger partial charge is 0.311 e. The molecule has 1 N–H and O–H groups in total. The van der Waals surface area contributed by atoms with E-state index in [1.54, 1.807) is 0 Å². The van der Waals surface area contributed by atoms with Crippen molar-refractivity contribution < 1.29 is 0 Å². The number of piperazine rings is 1. The van der Waals surface area contributed by atoms with Crippen molar-refractivity contribution in [3.8, 4) is 0 Å². The maximum Gasteiger partial charge on any atom is 0.0223 e. The molecule has 0 saturated carbocycles. The van der Waals surface area contributed by atoms with Crippen LogP contribution in [0.5, 0.6) is 0 Å². The predicted octanol–water partition coefficient (Wildman–Crippen LogP) is 4.30. The van der Waals surface area contributed by atoms with Crippen LogP contribution < -0.4 is 5.32 Å². The Morgan fingerprint density at radius 3 is 2.30 bits per heavy atom. The molecule has 0 aliphatic carbocycles. The van der Waals surface area contributed by atoms with Gasteiger partial charge in [-0.2, -0.15) is 0 Å². The molecule has 1 saturated heterocycles. The minimum absolute atomic E-state index is 0.713. The van der Waals surface area contributed by atoms with Gasteiger partial charge in [-0.05, 0) is 37.6 Å². The van der Waals surface area contributed by atoms with Crippen molar-refractivity contribution >= 4 is 0 Å². The van der Waals surface area contributed by atoms with Crippen molar-refractivity contribution in [2.24, 2.45) is 11.8 Å². The number of hydrogen-bond acceptors (Lipinski definition) is 2. The molecule has 1 aliphatic heterocycles. The Morgan fingerprint density at radius 2 is 1.70 bits per heavy atom. The molecule has 2 atom stereocenters. The van der Waals surface area contributed by atoms with Gasteiger partial charge < -0.3 is 5.32 Å². The van der Waals surface area contributed by atoms with Gasteiger partial charge in [0.15, 0.2) is 0 Å². The molecule has 2 heteroatoms. The van der Waals surface area contributed by atoms with Gasteiger partial charge in [0.1, 0.15) is 0 Å². The molecule has 1 fully saturated rings. The van der Waals surface area contributed by atoms with Crippen LogP contribution in [0.2, 0.25) is 0 Å². The number of nitrogens with one attached hydrogen (secondary N) is 1. The minimum atomic E-state index is 0.713. The third-order valence-corrected chi connectivity index (χ3v) is 4.41. The molecule has 0 bridgehead atoms. The first-order valence-electron chi connectivity index (χ1n) is 9.00. The molecule has 0 aromatic carbocycles. The highest BCUT2D eigenvalue weighted by Crippen LogP contribution is 2.19. The third-order valence-electron chi connectivity index (χ3n) is 4.41. The van der Waals surface area contributed by atoms with E-state index in [1.807, 2.05) is 0 Å². The van der Waals surface area contributed by atoms with Crippen molar-refractivity contribution in [1.29, 1.82) is 0 Å². The summed E-state index contributed by atoms with van der Waals surface area (Å²) in [5.74, 6) is 1.61. The molecule has 2 nitrogen and oxygen atoms in total. The molecule has 0 amide bonds. The van der Waals surface area contributed by atoms with Crippen LogP contribution in [0.4, 0.5) is 0 Å². The van der Waals surface area contributed by atoms with Crippen LogP contribution in [-0.2, 0) is 0 Å². The van der Waals surface area contributed by atoms with Crippen molar-refractivity contribution in [3.63, 3.8) is 0 Å². The van der Waals surface area contributed by atoms with Crippen LogP contribution in [0.15, 0.2) is 0 Å². The average Bonchev–Trinajstić information content (AvgIpc) is 2.36. The highest BCUT2D eigenvalue weighted by molar-refractivity contribution is 4.87. The number of hydrogen-bond donors (Lipinski definition) is 1. The Morgan fingerprint density at radius 1 is 1.00 bits per heavy atom. The summed E-state index contributed by atoms with van der Waals surface area (Å²) in [5, 5.41) is 3.80. The smallest absolute Gasteiger partial charge is 0.0223 e. The summed E-state index contributed by atoms with van der Waals surface area (Å²) in [6.45, 7) is 15.5. The van der Waals surface area contributed by atoms with Crippen LogP contribution in [0.25, 0.3) is 0 Å². The zero-order valence-corrected chi connectivity index (χ0v) is 14.6. The minimum Gasteiger partial charge on any atom is -0.311 e. The van der Waals surface area contributed by atoms with E-state index in [-0.39, 0.29) is 0 Å². The second-order valence-electron chi connectivity index (χ2n) is 7.57. The molecule has 1 aliphatic rings. The van der Waals surface area contributed by atoms with Gasteiger partial charge in [-0.1, -0.05) is 53.9 Å². The highest BCUT2D eigenvalue weighted by Gasteiger charge is 2.27. The van der Waals surface area contributed by atoms with Crippen molar-refractivity contribution in [1.82, 2.24) is 10.2 Å². The Hall–Kier alpha value is -0.0800. The van der Waals surface area contributed by atoms with E-state index < -0.39 is 0 Å². The molecule has 1 rings (SSSR count). The van der Waals surface area contributed by atoms with E-state index in [0.717, 1.165) is 17.9 Å². The quantitative estimate of drug-likeness (QED) is 0.634. The fraction of sp³-hybridized carbons (Fsp3) is 1.00. The number of unbranched alkanes of at least 4 members (excludes halogenated alkanes) is 3. The lowest BCUT2D eigenvalue weighted by molar-refractivity contribution is 0.105. The van der Waals surface area contributed by atoms with Gasteiger partial charge in [-0.3, -0.25) is 4.90 Å². The maximum absolute atomic E-state index is 3.80. The van der Waals surface area contributed by atoms with Gasteiger partial charge in [0.05, 0.1) is 0 Å². The van der Waals surface area contributed by atoms with E-state index in [2.05, 4.69) is 44.8 Å². The Kier molecular flexibility index (Phi) is 8.79. The summed E-state index contributed by atoms with van der Waals surface area (Å²) >= 11 is 0. The fourth-order valence-corrected chi connectivity index (χ4v) is 3.45. The molecule has 0 spiro atoms. The van der Waals surface area contributed by atoms with Crippen LogP contribution in [0.1, 0.15) is 73.1 Å². The first kappa shape index (κ1) is 18.0. The predicted molar refractivity (Wildman–Crippen MR) is 90.2 cm³/mol. The van der Waals surface area contributed by atoms with Gasteiger partial charge in [-0.15, -0.1) is 0 Å². The van der Waals surface area contributed by atoms with Gasteiger partial charge in [0, 0.05) is 25.2 Å². The monoisotopic (exact) mass is 282 g/mol. The standard InChI is InChI=1S/C18H38N2/c1-6-7-8-9-10-20-14-17(11-15(2)3)19-13-18(20)12-16(4)5/h15-19H,6-14H2,1-5H3. The summed E-state index contributed by atoms with van der Waals surface area (Å²) in [7, 11) is 0. The Labute approximate surface area is 127 Å². The molecule has 0 aromatic rings. The first-order chi connectivity index (χ1) is 9.52. The molecule has 120 valence electrons. The van der Waals surface area contributed by atoms with Crippen LogP contribution in [0, 0.1) is 11.8 Å². The Balaban J connectivity index is 2.44. The first-order valence-corrected chi connectivity index (χ1v) is 9.00. The third kappa shape index (κ3) is 7.08. The maximum atomic E-state index is 3.80. The van der Waals surface area contributed by atoms with E-state index in [1.165, 1.54) is 58.2 Å². The fourth-order valence-electron chi connectivity index (χ4n) is 3.45. The molecule has 1 heterocycles. The van der Waals surface area contributed by atoms with Crippen LogP contribution in [-0.4, -0.2) is 36.6 Å². The Bertz CT molecular complexity index is 238. The summed E-state index contributed by atoms with van der Waals surface area (Å²) < 4.78 is 0. The van der Waals surface area contributed by atoms with E-state index in [0.29, 0.717) is 6.04 Å². The van der Waals surface area contributed by atoms with Crippen molar-refractivity contribution in [2.45, 2.75) is 85.2 Å². The second-order valence-corrected chi connectivity index (χ2v) is 7.57. The lowest BCUT2D eigenvalue weighted by Crippen LogP contribution is -2.57. The normalized spacial score (nSPS) is 24.8. The lowest BCUT2D eigenvalue weighted by atomic mass is 9.95. The highest BCUT2D eigenvalue weighted by atomic mass is 15.2. The molecule has 20 heavy (non-hydrogen) atoms. The van der Waals surface area contributed by atoms with Crippen molar-refractivity contribution in [2.75, 3.05) is 19.6 Å². The van der Waals surface area contributed by atoms with E-state index in [9.17, 15) is 0 Å². The van der Waals surface area contributed by atoms with E-state index in [4.69, 9.17) is 0 Å². The molecular weight excluding hydrogens is 244 g/mol. The van der Waals surface area contributed by atoms with Crippen LogP contribution in [0.3, 0.4) is 0 Å².